The molecule has 0 bridgehead atoms. The molecule has 20 heavy (non-hydrogen) atoms. The van der Waals surface area contributed by atoms with Crippen molar-refractivity contribution in [2.24, 2.45) is 5.11 Å². The third kappa shape index (κ3) is 1.74. The van der Waals surface area contributed by atoms with Gasteiger partial charge in [-0.1, -0.05) is 5.11 Å². The van der Waals surface area contributed by atoms with Crippen LogP contribution in [0.25, 0.3) is 21.6 Å². The molecule has 4 atom stereocenters. The van der Waals surface area contributed by atoms with Crippen molar-refractivity contribution < 1.29 is 9.84 Å². The molecule has 0 unspecified atom stereocenters. The van der Waals surface area contributed by atoms with Crippen LogP contribution in [0.5, 0.6) is 0 Å². The van der Waals surface area contributed by atoms with Crippen molar-refractivity contribution in [2.45, 2.75) is 31.4 Å². The van der Waals surface area contributed by atoms with Crippen LogP contribution in [0.15, 0.2) is 17.8 Å². The third-order valence-electron chi connectivity index (χ3n) is 3.32. The standard InChI is InChI=1S/C10H12N8O2/c1-4-5(16-17-12)7(19)10(20-4)18-3-15-6-8(11)13-2-14-9(6)18/h2-5,7,10,19H,1H3,(H2,11,13,14)/t4-,5+,7-,10-/m1/s1. The van der Waals surface area contributed by atoms with Crippen molar-refractivity contribution in [3.63, 3.8) is 0 Å². The first-order chi connectivity index (χ1) is 9.63. The smallest absolute Gasteiger partial charge is 0.167 e. The molecule has 10 heteroatoms. The molecule has 1 aliphatic heterocycles. The molecule has 3 rings (SSSR count). The molecule has 1 aliphatic rings. The predicted molar refractivity (Wildman–Crippen MR) is 68.3 cm³/mol. The van der Waals surface area contributed by atoms with Gasteiger partial charge in [0.15, 0.2) is 17.7 Å². The number of hydrogen-bond acceptors (Lipinski definition) is 7. The van der Waals surface area contributed by atoms with Gasteiger partial charge in [-0.3, -0.25) is 4.57 Å². The summed E-state index contributed by atoms with van der Waals surface area (Å²) in [5.74, 6) is 0.251. The number of aliphatic hydroxyl groups is 1. The third-order valence-corrected chi connectivity index (χ3v) is 3.32. The van der Waals surface area contributed by atoms with E-state index in [4.69, 9.17) is 16.0 Å². The fraction of sp³-hybridized carbons (Fsp3) is 0.500. The van der Waals surface area contributed by atoms with E-state index in [1.807, 2.05) is 0 Å². The van der Waals surface area contributed by atoms with Gasteiger partial charge in [-0.05, 0) is 12.5 Å². The van der Waals surface area contributed by atoms with Crippen molar-refractivity contribution in [1.29, 1.82) is 0 Å². The number of anilines is 1. The molecule has 3 N–H and O–H groups in total. The highest BCUT2D eigenvalue weighted by Gasteiger charge is 2.42. The Kier molecular flexibility index (Phi) is 2.90. The zero-order chi connectivity index (χ0) is 14.3. The zero-order valence-corrected chi connectivity index (χ0v) is 10.5. The van der Waals surface area contributed by atoms with Crippen molar-refractivity contribution in [3.05, 3.63) is 23.1 Å². The molecule has 10 nitrogen and oxygen atoms in total. The second-order valence-electron chi connectivity index (χ2n) is 4.50. The summed E-state index contributed by atoms with van der Waals surface area (Å²) in [6.07, 6.45) is 0.636. The Hall–Kier alpha value is -2.42. The lowest BCUT2D eigenvalue weighted by atomic mass is 10.1. The average Bonchev–Trinajstić information content (AvgIpc) is 2.96. The summed E-state index contributed by atoms with van der Waals surface area (Å²) in [6.45, 7) is 1.73. The average molecular weight is 276 g/mol. The van der Waals surface area contributed by atoms with Crippen LogP contribution in [0, 0.1) is 0 Å². The van der Waals surface area contributed by atoms with E-state index in [1.165, 1.54) is 12.7 Å². The number of azide groups is 1. The zero-order valence-electron chi connectivity index (χ0n) is 10.5. The van der Waals surface area contributed by atoms with Gasteiger partial charge in [0.25, 0.3) is 0 Å². The van der Waals surface area contributed by atoms with Crippen molar-refractivity contribution >= 4 is 17.0 Å². The fourth-order valence-electron chi connectivity index (χ4n) is 2.34. The Bertz CT molecular complexity index is 694. The minimum Gasteiger partial charge on any atom is -0.388 e. The molecule has 1 saturated heterocycles. The number of hydrogen-bond donors (Lipinski definition) is 2. The van der Waals surface area contributed by atoms with Crippen molar-refractivity contribution in [2.75, 3.05) is 5.73 Å². The number of fused-ring (bicyclic) bond motifs is 1. The summed E-state index contributed by atoms with van der Waals surface area (Å²) in [4.78, 5) is 14.8. The number of ether oxygens (including phenoxy) is 1. The highest BCUT2D eigenvalue weighted by atomic mass is 16.5. The summed E-state index contributed by atoms with van der Waals surface area (Å²) in [5, 5.41) is 13.8. The summed E-state index contributed by atoms with van der Waals surface area (Å²) < 4.78 is 7.19. The summed E-state index contributed by atoms with van der Waals surface area (Å²) in [7, 11) is 0. The van der Waals surface area contributed by atoms with E-state index in [-0.39, 0.29) is 5.82 Å². The maximum absolute atomic E-state index is 10.2. The van der Waals surface area contributed by atoms with Gasteiger partial charge >= 0.3 is 0 Å². The quantitative estimate of drug-likeness (QED) is 0.459. The van der Waals surface area contributed by atoms with Gasteiger partial charge in [-0.25, -0.2) is 15.0 Å². The normalized spacial score (nSPS) is 29.5. The molecule has 0 aliphatic carbocycles. The molecule has 0 saturated carbocycles. The molecule has 104 valence electrons. The number of nitrogen functional groups attached to an aromatic ring is 1. The number of nitrogens with zero attached hydrogens (tertiary/aromatic N) is 7. The number of nitrogens with two attached hydrogens (primary N) is 1. The minimum atomic E-state index is -0.991. The van der Waals surface area contributed by atoms with Crippen molar-refractivity contribution in [3.8, 4) is 0 Å². The number of aromatic nitrogens is 4. The van der Waals surface area contributed by atoms with E-state index in [2.05, 4.69) is 25.0 Å². The van der Waals surface area contributed by atoms with Gasteiger partial charge in [-0.15, -0.1) is 0 Å². The van der Waals surface area contributed by atoms with E-state index < -0.39 is 24.5 Å². The largest absolute Gasteiger partial charge is 0.388 e. The van der Waals surface area contributed by atoms with E-state index >= 15 is 0 Å². The first-order valence-corrected chi connectivity index (χ1v) is 5.94. The molecule has 0 radical (unpaired) electrons. The summed E-state index contributed by atoms with van der Waals surface area (Å²) in [6, 6.07) is -0.665. The van der Waals surface area contributed by atoms with Crippen LogP contribution in [-0.2, 0) is 4.74 Å². The lowest BCUT2D eigenvalue weighted by molar-refractivity contribution is -0.0297. The molecule has 0 amide bonds. The van der Waals surface area contributed by atoms with Gasteiger partial charge < -0.3 is 15.6 Å². The molecule has 3 heterocycles. The summed E-state index contributed by atoms with van der Waals surface area (Å²) >= 11 is 0. The Morgan fingerprint density at radius 3 is 3.05 bits per heavy atom. The summed E-state index contributed by atoms with van der Waals surface area (Å²) in [5.41, 5.74) is 15.1. The minimum absolute atomic E-state index is 0.251. The van der Waals surface area contributed by atoms with Crippen LogP contribution >= 0.6 is 0 Å². The van der Waals surface area contributed by atoms with Gasteiger partial charge in [0.2, 0.25) is 0 Å². The van der Waals surface area contributed by atoms with Gasteiger partial charge in [-0.2, -0.15) is 0 Å². The van der Waals surface area contributed by atoms with Crippen LogP contribution in [0.3, 0.4) is 0 Å². The highest BCUT2D eigenvalue weighted by molar-refractivity contribution is 5.81. The molecular formula is C10H12N8O2. The van der Waals surface area contributed by atoms with E-state index in [0.717, 1.165) is 0 Å². The molecular weight excluding hydrogens is 264 g/mol. The van der Waals surface area contributed by atoms with Gasteiger partial charge in [0, 0.05) is 4.91 Å². The molecule has 1 fully saturated rings. The first-order valence-electron chi connectivity index (χ1n) is 5.94. The maximum atomic E-state index is 10.2. The number of aliphatic hydroxyl groups excluding tert-OH is 1. The van der Waals surface area contributed by atoms with Crippen LogP contribution in [0.4, 0.5) is 5.82 Å². The second-order valence-corrected chi connectivity index (χ2v) is 4.50. The predicted octanol–water partition coefficient (Wildman–Crippen LogP) is 0.366. The maximum Gasteiger partial charge on any atom is 0.167 e. The molecule has 2 aromatic heterocycles. The lowest BCUT2D eigenvalue weighted by Crippen LogP contribution is -2.28. The van der Waals surface area contributed by atoms with Crippen LogP contribution in [0.1, 0.15) is 13.2 Å². The second kappa shape index (κ2) is 4.60. The fourth-order valence-corrected chi connectivity index (χ4v) is 2.34. The van der Waals surface area contributed by atoms with Gasteiger partial charge in [0.1, 0.15) is 17.9 Å². The Morgan fingerprint density at radius 1 is 1.50 bits per heavy atom. The molecule has 0 spiro atoms. The SMILES string of the molecule is C[C@H]1O[C@@H](n2cnc3c(N)ncnc32)[C@H](O)[C@H]1N=[N+]=[N-]. The van der Waals surface area contributed by atoms with Crippen LogP contribution in [0.2, 0.25) is 0 Å². The molecule has 2 aromatic rings. The number of rotatable bonds is 2. The Balaban J connectivity index is 2.04. The lowest BCUT2D eigenvalue weighted by Gasteiger charge is -2.16. The monoisotopic (exact) mass is 276 g/mol. The van der Waals surface area contributed by atoms with Crippen LogP contribution in [-0.4, -0.2) is 42.9 Å². The highest BCUT2D eigenvalue weighted by Crippen LogP contribution is 2.33. The molecule has 0 aromatic carbocycles. The van der Waals surface area contributed by atoms with E-state index in [1.54, 1.807) is 11.5 Å². The van der Waals surface area contributed by atoms with Crippen molar-refractivity contribution in [1.82, 2.24) is 19.5 Å². The van der Waals surface area contributed by atoms with E-state index in [0.29, 0.717) is 11.2 Å². The topological polar surface area (TPSA) is 148 Å². The number of imidazole rings is 1. The van der Waals surface area contributed by atoms with Gasteiger partial charge in [0.05, 0.1) is 18.5 Å². The van der Waals surface area contributed by atoms with E-state index in [9.17, 15) is 5.11 Å². The first kappa shape index (κ1) is 12.6. The Labute approximate surface area is 112 Å². The Morgan fingerprint density at radius 2 is 2.30 bits per heavy atom. The van der Waals surface area contributed by atoms with Crippen LogP contribution < -0.4 is 5.73 Å².